The van der Waals surface area contributed by atoms with Gasteiger partial charge in [0.15, 0.2) is 18.9 Å². The molecule has 15 N–H and O–H groups in total. The normalized spacial score (nSPS) is 47.8. The van der Waals surface area contributed by atoms with Crippen LogP contribution in [0, 0.1) is 0 Å². The summed E-state index contributed by atoms with van der Waals surface area (Å²) in [4.78, 5) is 24.6. The van der Waals surface area contributed by atoms with Gasteiger partial charge in [0.2, 0.25) is 5.91 Å². The number of rotatable bonds is 13. The molecule has 4 saturated heterocycles. The molecular formula is C29H49NO23. The molecule has 0 radical (unpaired) electrons. The first-order valence-electron chi connectivity index (χ1n) is 16.6. The molecule has 1 amide bonds. The number of carboxylic acids is 1. The van der Waals surface area contributed by atoms with E-state index in [1.165, 1.54) is 6.92 Å². The van der Waals surface area contributed by atoms with Crippen molar-refractivity contribution in [2.75, 3.05) is 19.8 Å². The maximum atomic E-state index is 12.8. The summed E-state index contributed by atoms with van der Waals surface area (Å²) in [6, 6.07) is -1.59. The predicted octanol–water partition coefficient (Wildman–Crippen LogP) is -9.37. The van der Waals surface area contributed by atoms with Crippen LogP contribution in [-0.4, -0.2) is 232 Å². The van der Waals surface area contributed by atoms with Gasteiger partial charge in [0.1, 0.15) is 85.5 Å². The molecule has 4 heterocycles. The molecule has 4 rings (SSSR count). The van der Waals surface area contributed by atoms with Crippen molar-refractivity contribution in [3.8, 4) is 0 Å². The molecule has 0 aromatic rings. The number of aliphatic carboxylic acids is 1. The van der Waals surface area contributed by atoms with Crippen LogP contribution in [0.2, 0.25) is 0 Å². The summed E-state index contributed by atoms with van der Waals surface area (Å²) in [5.41, 5.74) is 0. The summed E-state index contributed by atoms with van der Waals surface area (Å²) in [6.07, 6.45) is -37.3. The monoisotopic (exact) mass is 779 g/mol. The zero-order valence-electron chi connectivity index (χ0n) is 28.3. The van der Waals surface area contributed by atoms with Crippen molar-refractivity contribution in [2.45, 2.75) is 149 Å². The highest BCUT2D eigenvalue weighted by Gasteiger charge is 2.60. The van der Waals surface area contributed by atoms with Crippen molar-refractivity contribution >= 4 is 11.9 Å². The molecule has 24 nitrogen and oxygen atoms in total. The van der Waals surface area contributed by atoms with E-state index in [-0.39, 0.29) is 0 Å². The molecule has 0 aromatic heterocycles. The highest BCUT2D eigenvalue weighted by atomic mass is 16.8. The molecule has 24 heteroatoms. The van der Waals surface area contributed by atoms with Gasteiger partial charge in [0, 0.05) is 13.3 Å². The Bertz CT molecular complexity index is 1220. The van der Waals surface area contributed by atoms with E-state index in [1.807, 2.05) is 0 Å². The minimum Gasteiger partial charge on any atom is -0.477 e. The second-order valence-corrected chi connectivity index (χ2v) is 13.3. The van der Waals surface area contributed by atoms with Crippen LogP contribution in [0.15, 0.2) is 0 Å². The number of hydrogen-bond donors (Lipinski definition) is 15. The van der Waals surface area contributed by atoms with Gasteiger partial charge in [-0.3, -0.25) is 4.79 Å². The molecular weight excluding hydrogens is 730 g/mol. The van der Waals surface area contributed by atoms with E-state index in [0.29, 0.717) is 0 Å². The average molecular weight is 780 g/mol. The third-order valence-corrected chi connectivity index (χ3v) is 9.54. The summed E-state index contributed by atoms with van der Waals surface area (Å²) >= 11 is 0. The maximum absolute atomic E-state index is 12.8. The third-order valence-electron chi connectivity index (χ3n) is 9.54. The topological polar surface area (TPSA) is 394 Å². The van der Waals surface area contributed by atoms with Crippen molar-refractivity contribution < 1.29 is 114 Å². The molecule has 21 atom stereocenters. The minimum absolute atomic E-state index is 0.779. The molecule has 0 spiro atoms. The quantitative estimate of drug-likeness (QED) is 0.0825. The van der Waals surface area contributed by atoms with E-state index in [9.17, 15) is 81.1 Å². The number of carboxylic acid groups (broad SMARTS) is 1. The van der Waals surface area contributed by atoms with E-state index in [4.69, 9.17) is 33.2 Å². The Hall–Kier alpha value is -1.86. The van der Waals surface area contributed by atoms with Gasteiger partial charge in [-0.2, -0.15) is 0 Å². The molecule has 4 aliphatic heterocycles. The third kappa shape index (κ3) is 9.08. The Morgan fingerprint density at radius 1 is 0.774 bits per heavy atom. The molecule has 0 saturated carbocycles. The number of aliphatic hydroxyl groups is 13. The second-order valence-electron chi connectivity index (χ2n) is 13.3. The van der Waals surface area contributed by atoms with Crippen molar-refractivity contribution in [3.63, 3.8) is 0 Å². The zero-order valence-corrected chi connectivity index (χ0v) is 28.3. The first kappa shape index (κ1) is 43.9. The maximum Gasteiger partial charge on any atom is 0.364 e. The van der Waals surface area contributed by atoms with Gasteiger partial charge in [-0.1, -0.05) is 0 Å². The van der Waals surface area contributed by atoms with Gasteiger partial charge in [0.25, 0.3) is 5.79 Å². The van der Waals surface area contributed by atoms with Crippen molar-refractivity contribution in [1.82, 2.24) is 5.32 Å². The number of amides is 1. The molecule has 308 valence electrons. The Morgan fingerprint density at radius 2 is 1.38 bits per heavy atom. The summed E-state index contributed by atoms with van der Waals surface area (Å²) in [5, 5.41) is 148. The lowest BCUT2D eigenvalue weighted by Gasteiger charge is -2.51. The van der Waals surface area contributed by atoms with Gasteiger partial charge in [-0.25, -0.2) is 4.79 Å². The molecule has 0 bridgehead atoms. The van der Waals surface area contributed by atoms with Gasteiger partial charge < -0.3 is 110 Å². The molecule has 2 unspecified atom stereocenters. The summed E-state index contributed by atoms with van der Waals surface area (Å²) in [7, 11) is 0. The van der Waals surface area contributed by atoms with Crippen LogP contribution in [-0.2, 0) is 42.7 Å². The Kier molecular flexibility index (Phi) is 14.9. The van der Waals surface area contributed by atoms with Crippen LogP contribution >= 0.6 is 0 Å². The fraction of sp³-hybridized carbons (Fsp3) is 0.931. The Morgan fingerprint density at radius 3 is 1.94 bits per heavy atom. The van der Waals surface area contributed by atoms with Crippen molar-refractivity contribution in [1.29, 1.82) is 0 Å². The minimum atomic E-state index is -3.10. The second kappa shape index (κ2) is 17.9. The lowest BCUT2D eigenvalue weighted by molar-refractivity contribution is -0.396. The molecule has 4 aliphatic rings. The van der Waals surface area contributed by atoms with E-state index in [0.717, 1.165) is 6.92 Å². The van der Waals surface area contributed by atoms with Crippen LogP contribution in [0.5, 0.6) is 0 Å². The van der Waals surface area contributed by atoms with E-state index in [1.54, 1.807) is 0 Å². The average Bonchev–Trinajstić information content (AvgIpc) is 3.11. The van der Waals surface area contributed by atoms with Gasteiger partial charge in [0.05, 0.1) is 38.1 Å². The Balaban J connectivity index is 1.66. The predicted molar refractivity (Wildman–Crippen MR) is 161 cm³/mol. The fourth-order valence-corrected chi connectivity index (χ4v) is 6.58. The highest BCUT2D eigenvalue weighted by Crippen LogP contribution is 2.39. The van der Waals surface area contributed by atoms with E-state index < -0.39 is 166 Å². The summed E-state index contributed by atoms with van der Waals surface area (Å²) in [6.45, 7) is -0.758. The fourth-order valence-electron chi connectivity index (χ4n) is 6.58. The van der Waals surface area contributed by atoms with E-state index >= 15 is 0 Å². The number of ether oxygens (including phenoxy) is 7. The molecule has 0 aliphatic carbocycles. The lowest BCUT2D eigenvalue weighted by atomic mass is 9.88. The standard InChI is InChI=1S/C29H49NO23/c1-7-14(37)17(40)18(41)26(47-7)51-24-19(42)25(44)48-12(6-33)21(24)50-27-20(43)23(16(39)11(5-32)49-27)53-29(28(45)46)3-9(35)13(30-8(2)34)22(52-29)15(38)10(36)4-31/h7,9-27,31-33,35-44H,3-6H2,1-2H3,(H,30,34)(H,45,46)/t7-,9-,10+,11+,12+,13+,14+,15+,16-,17+,18-,19+,20+,21+,22?,23-,24+,25?,26+,27-,29-/m0/s1. The zero-order chi connectivity index (χ0) is 39.7. The first-order valence-corrected chi connectivity index (χ1v) is 16.6. The molecule has 4 fully saturated rings. The van der Waals surface area contributed by atoms with Gasteiger partial charge >= 0.3 is 5.97 Å². The lowest BCUT2D eigenvalue weighted by Crippen LogP contribution is -2.71. The van der Waals surface area contributed by atoms with Crippen LogP contribution in [0.3, 0.4) is 0 Å². The van der Waals surface area contributed by atoms with Gasteiger partial charge in [-0.05, 0) is 6.92 Å². The first-order chi connectivity index (χ1) is 24.8. The SMILES string of the molecule is CC(=O)N[C@H]1C([C@H](O)[C@H](O)CO)O[C@@](O[C@H]2[C@@H](O)[C@@H](CO)O[C@@H](O[C@H]3[C@H](O[C@H]4O[C@@H](C)[C@@H](O)[C@@H](O)[C@@H]4O)[C@@H](O)C(O)O[C@@H]3CO)[C@@H]2O)(C(=O)O)C[C@@H]1O. The van der Waals surface area contributed by atoms with Gasteiger partial charge in [-0.15, -0.1) is 0 Å². The molecule has 0 aromatic carbocycles. The number of carbonyl (C=O) groups is 2. The van der Waals surface area contributed by atoms with Crippen molar-refractivity contribution in [2.24, 2.45) is 0 Å². The number of carbonyl (C=O) groups excluding carboxylic acids is 1. The number of hydrogen-bond acceptors (Lipinski definition) is 22. The smallest absolute Gasteiger partial charge is 0.364 e. The molecule has 53 heavy (non-hydrogen) atoms. The Labute approximate surface area is 300 Å². The van der Waals surface area contributed by atoms with Crippen LogP contribution in [0.1, 0.15) is 20.3 Å². The van der Waals surface area contributed by atoms with Crippen molar-refractivity contribution in [3.05, 3.63) is 0 Å². The largest absolute Gasteiger partial charge is 0.477 e. The van der Waals surface area contributed by atoms with Crippen LogP contribution in [0.4, 0.5) is 0 Å². The van der Waals surface area contributed by atoms with E-state index in [2.05, 4.69) is 5.32 Å². The van der Waals surface area contributed by atoms with Crippen LogP contribution < -0.4 is 5.32 Å². The number of nitrogens with one attached hydrogen (secondary N) is 1. The number of aliphatic hydroxyl groups excluding tert-OH is 13. The summed E-state index contributed by atoms with van der Waals surface area (Å²) < 4.78 is 38.8. The van der Waals surface area contributed by atoms with Crippen LogP contribution in [0.25, 0.3) is 0 Å². The highest BCUT2D eigenvalue weighted by molar-refractivity contribution is 5.76. The summed E-state index contributed by atoms with van der Waals surface area (Å²) in [5.74, 6) is -5.90.